The summed E-state index contributed by atoms with van der Waals surface area (Å²) < 4.78 is 24.3. The molecule has 3 atom stereocenters. The normalized spacial score (nSPS) is 26.3. The highest BCUT2D eigenvalue weighted by Crippen LogP contribution is 2.46. The minimum absolute atomic E-state index is 0.0327. The van der Waals surface area contributed by atoms with Crippen LogP contribution in [0.15, 0.2) is 29.2 Å². The van der Waals surface area contributed by atoms with Crippen molar-refractivity contribution in [2.75, 3.05) is 12.3 Å². The van der Waals surface area contributed by atoms with Gasteiger partial charge in [-0.1, -0.05) is 25.1 Å². The fourth-order valence-corrected chi connectivity index (χ4v) is 4.63. The fraction of sp³-hybridized carbons (Fsp3) is 0.538. The van der Waals surface area contributed by atoms with Gasteiger partial charge in [0.1, 0.15) is 0 Å². The molecule has 0 radical (unpaired) electrons. The summed E-state index contributed by atoms with van der Waals surface area (Å²) in [6.45, 7) is 3.76. The second-order valence-corrected chi connectivity index (χ2v) is 7.26. The maximum Gasteiger partial charge on any atom is 0.179 e. The third kappa shape index (κ3) is 1.86. The minimum Gasteiger partial charge on any atom is -0.393 e. The molecule has 0 fully saturated rings. The Morgan fingerprint density at radius 3 is 2.67 bits per heavy atom. The van der Waals surface area contributed by atoms with Crippen LogP contribution in [0.5, 0.6) is 0 Å². The molecule has 0 saturated carbocycles. The average molecular weight is 269 g/mol. The van der Waals surface area contributed by atoms with E-state index >= 15 is 0 Å². The molecule has 3 unspecified atom stereocenters. The molecule has 3 N–H and O–H groups in total. The molecule has 2 rings (SSSR count). The lowest BCUT2D eigenvalue weighted by molar-refractivity contribution is 0.0424. The zero-order valence-corrected chi connectivity index (χ0v) is 11.4. The third-order valence-electron chi connectivity index (χ3n) is 4.21. The Bertz CT molecular complexity index is 553. The summed E-state index contributed by atoms with van der Waals surface area (Å²) in [5.74, 6) is -0.214. The Kier molecular flexibility index (Phi) is 3.25. The molecular formula is C13H19NO3S. The van der Waals surface area contributed by atoms with Crippen LogP contribution in [0.4, 0.5) is 0 Å². The van der Waals surface area contributed by atoms with E-state index in [1.807, 2.05) is 19.1 Å². The molecule has 0 bridgehead atoms. The van der Waals surface area contributed by atoms with E-state index in [2.05, 4.69) is 0 Å². The van der Waals surface area contributed by atoms with Crippen molar-refractivity contribution in [1.82, 2.24) is 0 Å². The maximum atomic E-state index is 12.1. The van der Waals surface area contributed by atoms with Gasteiger partial charge >= 0.3 is 0 Å². The molecule has 0 aromatic heterocycles. The van der Waals surface area contributed by atoms with Gasteiger partial charge in [-0.3, -0.25) is 0 Å². The standard InChI is InChI=1S/C13H19NO3S/c1-9(15)13(2,8-14)11-7-18(16,17)12-6-4-3-5-10(11)12/h3-6,9,11,15H,7-8,14H2,1-2H3. The van der Waals surface area contributed by atoms with Crippen LogP contribution >= 0.6 is 0 Å². The van der Waals surface area contributed by atoms with Gasteiger partial charge in [0.2, 0.25) is 0 Å². The number of aliphatic hydroxyl groups is 1. The highest BCUT2D eigenvalue weighted by molar-refractivity contribution is 7.91. The van der Waals surface area contributed by atoms with Gasteiger partial charge in [0.15, 0.2) is 9.84 Å². The van der Waals surface area contributed by atoms with Crippen molar-refractivity contribution in [2.45, 2.75) is 30.8 Å². The number of hydrogen-bond donors (Lipinski definition) is 2. The number of nitrogens with two attached hydrogens (primary N) is 1. The molecule has 18 heavy (non-hydrogen) atoms. The molecule has 1 aliphatic heterocycles. The maximum absolute atomic E-state index is 12.1. The van der Waals surface area contributed by atoms with Gasteiger partial charge in [0, 0.05) is 17.9 Å². The summed E-state index contributed by atoms with van der Waals surface area (Å²) in [6.07, 6.45) is -0.658. The smallest absolute Gasteiger partial charge is 0.179 e. The predicted molar refractivity (Wildman–Crippen MR) is 70.1 cm³/mol. The number of benzene rings is 1. The summed E-state index contributed by atoms with van der Waals surface area (Å²) >= 11 is 0. The SMILES string of the molecule is CC(O)C(C)(CN)C1CS(=O)(=O)c2ccccc21. The molecule has 1 heterocycles. The number of rotatable bonds is 3. The molecule has 4 nitrogen and oxygen atoms in total. The Hall–Kier alpha value is -0.910. The van der Waals surface area contributed by atoms with E-state index in [1.54, 1.807) is 19.1 Å². The molecule has 0 amide bonds. The topological polar surface area (TPSA) is 80.4 Å². The van der Waals surface area contributed by atoms with E-state index in [0.717, 1.165) is 5.56 Å². The van der Waals surface area contributed by atoms with Crippen LogP contribution in [-0.2, 0) is 9.84 Å². The van der Waals surface area contributed by atoms with Crippen LogP contribution in [0.2, 0.25) is 0 Å². The zero-order chi connectivity index (χ0) is 13.6. The van der Waals surface area contributed by atoms with Crippen molar-refractivity contribution in [2.24, 2.45) is 11.1 Å². The molecule has 0 spiro atoms. The lowest BCUT2D eigenvalue weighted by Crippen LogP contribution is -2.43. The number of sulfone groups is 1. The van der Waals surface area contributed by atoms with Crippen molar-refractivity contribution < 1.29 is 13.5 Å². The van der Waals surface area contributed by atoms with Gasteiger partial charge in [-0.2, -0.15) is 0 Å². The first-order chi connectivity index (χ1) is 8.33. The predicted octanol–water partition coefficient (Wildman–Crippen LogP) is 0.903. The van der Waals surface area contributed by atoms with Crippen LogP contribution in [0.1, 0.15) is 25.3 Å². The molecule has 1 aliphatic rings. The average Bonchev–Trinajstić information content (AvgIpc) is 2.61. The number of fused-ring (bicyclic) bond motifs is 1. The molecule has 0 aliphatic carbocycles. The van der Waals surface area contributed by atoms with E-state index in [4.69, 9.17) is 5.73 Å². The largest absolute Gasteiger partial charge is 0.393 e. The molecule has 100 valence electrons. The van der Waals surface area contributed by atoms with Gasteiger partial charge < -0.3 is 10.8 Å². The summed E-state index contributed by atoms with van der Waals surface area (Å²) in [6, 6.07) is 7.00. The minimum atomic E-state index is -3.25. The number of aliphatic hydroxyl groups excluding tert-OH is 1. The Morgan fingerprint density at radius 2 is 2.11 bits per heavy atom. The Labute approximate surface area is 108 Å². The monoisotopic (exact) mass is 269 g/mol. The first-order valence-electron chi connectivity index (χ1n) is 6.03. The molecule has 0 saturated heterocycles. The van der Waals surface area contributed by atoms with Gasteiger partial charge in [-0.15, -0.1) is 0 Å². The van der Waals surface area contributed by atoms with E-state index in [-0.39, 0.29) is 18.2 Å². The highest BCUT2D eigenvalue weighted by atomic mass is 32.2. The van der Waals surface area contributed by atoms with Gasteiger partial charge in [-0.05, 0) is 18.6 Å². The van der Waals surface area contributed by atoms with E-state index in [9.17, 15) is 13.5 Å². The zero-order valence-electron chi connectivity index (χ0n) is 10.6. The third-order valence-corrected chi connectivity index (χ3v) is 6.02. The van der Waals surface area contributed by atoms with Crippen LogP contribution in [-0.4, -0.2) is 31.9 Å². The summed E-state index contributed by atoms with van der Waals surface area (Å²) in [5, 5.41) is 9.95. The van der Waals surface area contributed by atoms with Crippen LogP contribution in [0.25, 0.3) is 0 Å². The second kappa shape index (κ2) is 4.33. The summed E-state index contributed by atoms with van der Waals surface area (Å²) in [7, 11) is -3.25. The fourth-order valence-electron chi connectivity index (χ4n) is 2.60. The molecular weight excluding hydrogens is 250 g/mol. The molecule has 1 aromatic carbocycles. The van der Waals surface area contributed by atoms with Gasteiger partial charge in [0.25, 0.3) is 0 Å². The van der Waals surface area contributed by atoms with Crippen molar-refractivity contribution in [3.63, 3.8) is 0 Å². The van der Waals surface area contributed by atoms with E-state index < -0.39 is 21.4 Å². The lowest BCUT2D eigenvalue weighted by Gasteiger charge is -2.37. The van der Waals surface area contributed by atoms with Crippen molar-refractivity contribution in [3.05, 3.63) is 29.8 Å². The first kappa shape index (κ1) is 13.5. The van der Waals surface area contributed by atoms with Crippen molar-refractivity contribution >= 4 is 9.84 Å². The van der Waals surface area contributed by atoms with Gasteiger partial charge in [-0.25, -0.2) is 8.42 Å². The quantitative estimate of drug-likeness (QED) is 0.854. The van der Waals surface area contributed by atoms with E-state index in [0.29, 0.717) is 4.90 Å². The summed E-state index contributed by atoms with van der Waals surface area (Å²) in [4.78, 5) is 0.385. The van der Waals surface area contributed by atoms with Crippen LogP contribution < -0.4 is 5.73 Å². The lowest BCUT2D eigenvalue weighted by atomic mass is 9.71. The molecule has 5 heteroatoms. The van der Waals surface area contributed by atoms with Crippen molar-refractivity contribution in [1.29, 1.82) is 0 Å². The van der Waals surface area contributed by atoms with Gasteiger partial charge in [0.05, 0.1) is 16.8 Å². The Morgan fingerprint density at radius 1 is 1.50 bits per heavy atom. The van der Waals surface area contributed by atoms with Crippen LogP contribution in [0, 0.1) is 5.41 Å². The highest BCUT2D eigenvalue weighted by Gasteiger charge is 2.46. The number of hydrogen-bond acceptors (Lipinski definition) is 4. The van der Waals surface area contributed by atoms with Crippen LogP contribution in [0.3, 0.4) is 0 Å². The molecule has 1 aromatic rings. The van der Waals surface area contributed by atoms with Crippen molar-refractivity contribution in [3.8, 4) is 0 Å². The Balaban J connectivity index is 2.57. The summed E-state index contributed by atoms with van der Waals surface area (Å²) in [5.41, 5.74) is 5.94. The van der Waals surface area contributed by atoms with E-state index in [1.165, 1.54) is 0 Å². The first-order valence-corrected chi connectivity index (χ1v) is 7.68. The second-order valence-electron chi connectivity index (χ2n) is 5.26.